The molecule has 1 aliphatic heterocycles. The number of thiocarbonyl (C=S) groups is 1. The molecular formula is C10H12Br2O2S. The van der Waals surface area contributed by atoms with E-state index in [1.807, 2.05) is 6.08 Å². The van der Waals surface area contributed by atoms with Gasteiger partial charge in [-0.25, -0.2) is 4.79 Å². The molecule has 84 valence electrons. The van der Waals surface area contributed by atoms with Crippen molar-refractivity contribution >= 4 is 54.9 Å². The van der Waals surface area contributed by atoms with E-state index in [1.165, 1.54) is 0 Å². The molecule has 0 radical (unpaired) electrons. The summed E-state index contributed by atoms with van der Waals surface area (Å²) in [6, 6.07) is 0. The zero-order valence-corrected chi connectivity index (χ0v) is 12.8. The minimum absolute atomic E-state index is 0.00695. The molecule has 0 aliphatic carbocycles. The second kappa shape index (κ2) is 4.26. The standard InChI is InChI=1S/C10H12Br2O2S/c1-9(2,3)7(15)5-4-6(11)10(12)8(13)14-10/h4H,5H2,1-3H3. The zero-order chi connectivity index (χ0) is 11.9. The lowest BCUT2D eigenvalue weighted by atomic mass is 9.90. The van der Waals surface area contributed by atoms with Crippen LogP contribution in [0.15, 0.2) is 10.6 Å². The fourth-order valence-corrected chi connectivity index (χ4v) is 1.67. The average Bonchev–Trinajstić information content (AvgIpc) is 2.69. The van der Waals surface area contributed by atoms with E-state index in [9.17, 15) is 4.79 Å². The first-order chi connectivity index (χ1) is 6.68. The highest BCUT2D eigenvalue weighted by Gasteiger charge is 2.58. The Bertz CT molecular complexity index is 344. The van der Waals surface area contributed by atoms with Crippen LogP contribution in [0.1, 0.15) is 27.2 Å². The van der Waals surface area contributed by atoms with Crippen molar-refractivity contribution in [3.63, 3.8) is 0 Å². The van der Waals surface area contributed by atoms with Crippen molar-refractivity contribution in [3.05, 3.63) is 10.6 Å². The van der Waals surface area contributed by atoms with Gasteiger partial charge in [-0.2, -0.15) is 0 Å². The molecule has 1 aliphatic rings. The highest BCUT2D eigenvalue weighted by molar-refractivity contribution is 9.14. The van der Waals surface area contributed by atoms with Crippen molar-refractivity contribution < 1.29 is 9.53 Å². The molecule has 1 atom stereocenters. The summed E-state index contributed by atoms with van der Waals surface area (Å²) in [4.78, 5) is 11.9. The van der Waals surface area contributed by atoms with Gasteiger partial charge in [-0.15, -0.1) is 0 Å². The lowest BCUT2D eigenvalue weighted by molar-refractivity contribution is -0.117. The summed E-state index contributed by atoms with van der Waals surface area (Å²) in [7, 11) is 0. The highest BCUT2D eigenvalue weighted by Crippen LogP contribution is 2.46. The van der Waals surface area contributed by atoms with E-state index in [0.717, 1.165) is 4.86 Å². The molecule has 1 fully saturated rings. The number of cyclic esters (lactones) is 1. The predicted molar refractivity (Wildman–Crippen MR) is 71.4 cm³/mol. The molecule has 1 rings (SSSR count). The molecule has 0 aromatic heterocycles. The second-order valence-electron chi connectivity index (χ2n) is 4.41. The zero-order valence-electron chi connectivity index (χ0n) is 8.77. The summed E-state index contributed by atoms with van der Waals surface area (Å²) in [5.41, 5.74) is 0.00695. The number of alkyl halides is 1. The number of carbonyl (C=O) groups is 1. The van der Waals surface area contributed by atoms with E-state index in [-0.39, 0.29) is 11.4 Å². The topological polar surface area (TPSA) is 29.6 Å². The molecular weight excluding hydrogens is 344 g/mol. The summed E-state index contributed by atoms with van der Waals surface area (Å²) < 4.78 is 4.56. The summed E-state index contributed by atoms with van der Waals surface area (Å²) in [6.45, 7) is 6.21. The molecule has 2 nitrogen and oxygen atoms in total. The lowest BCUT2D eigenvalue weighted by Gasteiger charge is -2.18. The third kappa shape index (κ3) is 3.11. The Morgan fingerprint density at radius 1 is 1.60 bits per heavy atom. The minimum Gasteiger partial charge on any atom is -0.427 e. The molecule has 1 saturated heterocycles. The first kappa shape index (κ1) is 13.3. The van der Waals surface area contributed by atoms with E-state index in [1.54, 1.807) is 0 Å². The van der Waals surface area contributed by atoms with Gasteiger partial charge in [0, 0.05) is 4.86 Å². The van der Waals surface area contributed by atoms with Gasteiger partial charge in [-0.05, 0) is 43.7 Å². The maximum absolute atomic E-state index is 10.9. The van der Waals surface area contributed by atoms with E-state index in [0.29, 0.717) is 10.9 Å². The molecule has 0 aromatic rings. The van der Waals surface area contributed by atoms with Gasteiger partial charge in [0.05, 0.1) is 4.48 Å². The molecule has 0 saturated carbocycles. The molecule has 0 spiro atoms. The Hall–Kier alpha value is 0.260. The molecule has 15 heavy (non-hydrogen) atoms. The minimum atomic E-state index is -0.930. The van der Waals surface area contributed by atoms with Crippen LogP contribution in [0.5, 0.6) is 0 Å². The number of hydrogen-bond acceptors (Lipinski definition) is 3. The van der Waals surface area contributed by atoms with Crippen molar-refractivity contribution in [1.29, 1.82) is 0 Å². The van der Waals surface area contributed by atoms with Crippen LogP contribution in [-0.2, 0) is 9.53 Å². The fourth-order valence-electron chi connectivity index (χ4n) is 0.868. The van der Waals surface area contributed by atoms with Gasteiger partial charge >= 0.3 is 5.97 Å². The molecule has 0 N–H and O–H groups in total. The third-order valence-corrected chi connectivity index (χ3v) is 5.17. The van der Waals surface area contributed by atoms with Crippen LogP contribution in [0.3, 0.4) is 0 Å². The average molecular weight is 356 g/mol. The van der Waals surface area contributed by atoms with Gasteiger partial charge < -0.3 is 4.74 Å². The summed E-state index contributed by atoms with van der Waals surface area (Å²) in [5, 5.41) is 0. The molecule has 0 bridgehead atoms. The maximum Gasteiger partial charge on any atom is 0.369 e. The van der Waals surface area contributed by atoms with Crippen molar-refractivity contribution in [3.8, 4) is 0 Å². The van der Waals surface area contributed by atoms with Crippen LogP contribution < -0.4 is 0 Å². The number of allylic oxidation sites excluding steroid dienone is 1. The maximum atomic E-state index is 10.9. The first-order valence-corrected chi connectivity index (χ1v) is 6.49. The van der Waals surface area contributed by atoms with Gasteiger partial charge in [-0.3, -0.25) is 0 Å². The Balaban J connectivity index is 2.60. The van der Waals surface area contributed by atoms with Crippen LogP contribution in [0, 0.1) is 5.41 Å². The first-order valence-electron chi connectivity index (χ1n) is 4.49. The van der Waals surface area contributed by atoms with Crippen LogP contribution in [0.2, 0.25) is 0 Å². The van der Waals surface area contributed by atoms with Crippen molar-refractivity contribution in [1.82, 2.24) is 0 Å². The number of halogens is 2. The number of rotatable bonds is 3. The third-order valence-electron chi connectivity index (χ3n) is 2.06. The van der Waals surface area contributed by atoms with Crippen molar-refractivity contribution in [2.24, 2.45) is 5.41 Å². The normalized spacial score (nSPS) is 26.2. The number of epoxide rings is 1. The SMILES string of the molecule is CC(C)(C)C(=S)CC=C(Br)C1(Br)OC1=O. The Morgan fingerprint density at radius 3 is 2.40 bits per heavy atom. The second-order valence-corrected chi connectivity index (χ2v) is 6.88. The van der Waals surface area contributed by atoms with Gasteiger partial charge in [0.15, 0.2) is 0 Å². The highest BCUT2D eigenvalue weighted by atomic mass is 79.9. The van der Waals surface area contributed by atoms with Crippen LogP contribution in [-0.4, -0.2) is 15.3 Å². The molecule has 1 unspecified atom stereocenters. The summed E-state index contributed by atoms with van der Waals surface area (Å²) in [6.07, 6.45) is 2.52. The number of ether oxygens (including phenoxy) is 1. The Kier molecular flexibility index (Phi) is 3.78. The van der Waals surface area contributed by atoms with Crippen LogP contribution in [0.25, 0.3) is 0 Å². The van der Waals surface area contributed by atoms with Crippen molar-refractivity contribution in [2.75, 3.05) is 0 Å². The Labute approximate surface area is 112 Å². The van der Waals surface area contributed by atoms with Gasteiger partial charge in [-0.1, -0.05) is 39.1 Å². The predicted octanol–water partition coefficient (Wildman–Crippen LogP) is 3.72. The van der Waals surface area contributed by atoms with Crippen molar-refractivity contribution in [2.45, 2.75) is 31.7 Å². The monoisotopic (exact) mass is 354 g/mol. The smallest absolute Gasteiger partial charge is 0.369 e. The Morgan fingerprint density at radius 2 is 2.07 bits per heavy atom. The molecule has 5 heteroatoms. The largest absolute Gasteiger partial charge is 0.427 e. The summed E-state index contributed by atoms with van der Waals surface area (Å²) in [5.74, 6) is -0.271. The fraction of sp³-hybridized carbons (Fsp3) is 0.600. The van der Waals surface area contributed by atoms with E-state index < -0.39 is 4.51 Å². The quantitative estimate of drug-likeness (QED) is 0.439. The van der Waals surface area contributed by atoms with E-state index >= 15 is 0 Å². The van der Waals surface area contributed by atoms with Gasteiger partial charge in [0.25, 0.3) is 4.51 Å². The van der Waals surface area contributed by atoms with Crippen LogP contribution in [0.4, 0.5) is 0 Å². The molecule has 0 amide bonds. The summed E-state index contributed by atoms with van der Waals surface area (Å²) >= 11 is 11.8. The van der Waals surface area contributed by atoms with Gasteiger partial charge in [0.1, 0.15) is 0 Å². The molecule has 1 heterocycles. The molecule has 0 aromatic carbocycles. The lowest BCUT2D eigenvalue weighted by Crippen LogP contribution is -2.17. The van der Waals surface area contributed by atoms with Crippen LogP contribution >= 0.6 is 44.1 Å². The van der Waals surface area contributed by atoms with E-state index in [2.05, 4.69) is 52.6 Å². The van der Waals surface area contributed by atoms with E-state index in [4.69, 9.17) is 17.0 Å². The number of carbonyl (C=O) groups excluding carboxylic acids is 1. The number of hydrogen-bond donors (Lipinski definition) is 0. The van der Waals surface area contributed by atoms with Gasteiger partial charge in [0.2, 0.25) is 0 Å².